The number of hydrogen-bond acceptors (Lipinski definition) is 9. The number of esters is 1. The number of rotatable bonds is 8. The standard InChI is InChI=1S/C29H24IN3O7/c1-16(29(35)38-4)39-26-20(30)12-17(13-24(26)37-3)15-31-33-27(32-21-9-6-5-8-18(21)28(33)34)25-14-19-22(36-2)10-7-11-23(19)40-25/h5-16H,1-4H3/t16-/m0/s1. The first-order valence-corrected chi connectivity index (χ1v) is 13.2. The van der Waals surface area contributed by atoms with Gasteiger partial charge in [0.15, 0.2) is 23.4 Å². The van der Waals surface area contributed by atoms with Gasteiger partial charge in [-0.25, -0.2) is 9.78 Å². The van der Waals surface area contributed by atoms with Crippen molar-refractivity contribution in [2.75, 3.05) is 21.3 Å². The molecule has 1 atom stereocenters. The smallest absolute Gasteiger partial charge is 0.346 e. The van der Waals surface area contributed by atoms with Crippen LogP contribution in [-0.2, 0) is 9.53 Å². The third-order valence-corrected chi connectivity index (χ3v) is 6.92. The molecule has 204 valence electrons. The van der Waals surface area contributed by atoms with Gasteiger partial charge < -0.3 is 23.4 Å². The number of aromatic nitrogens is 2. The molecule has 0 saturated carbocycles. The van der Waals surface area contributed by atoms with Crippen LogP contribution in [0.25, 0.3) is 33.5 Å². The fourth-order valence-electron chi connectivity index (χ4n) is 4.16. The Morgan fingerprint density at radius 3 is 2.55 bits per heavy atom. The number of furan rings is 1. The van der Waals surface area contributed by atoms with Gasteiger partial charge in [0.05, 0.1) is 47.4 Å². The van der Waals surface area contributed by atoms with Crippen LogP contribution in [0.2, 0.25) is 0 Å². The first kappa shape index (κ1) is 27.2. The molecule has 5 aromatic rings. The van der Waals surface area contributed by atoms with Gasteiger partial charge in [-0.3, -0.25) is 4.79 Å². The van der Waals surface area contributed by atoms with Crippen molar-refractivity contribution in [2.24, 2.45) is 5.10 Å². The molecule has 10 nitrogen and oxygen atoms in total. The summed E-state index contributed by atoms with van der Waals surface area (Å²) < 4.78 is 29.5. The third kappa shape index (κ3) is 5.11. The highest BCUT2D eigenvalue weighted by molar-refractivity contribution is 14.1. The molecule has 0 fully saturated rings. The Balaban J connectivity index is 1.62. The van der Waals surface area contributed by atoms with Crippen molar-refractivity contribution in [1.82, 2.24) is 9.66 Å². The molecule has 0 aliphatic heterocycles. The fourth-order valence-corrected chi connectivity index (χ4v) is 4.91. The molecule has 0 N–H and O–H groups in total. The Bertz CT molecular complexity index is 1830. The predicted molar refractivity (Wildman–Crippen MR) is 159 cm³/mol. The number of methoxy groups -OCH3 is 3. The molecule has 2 aromatic heterocycles. The van der Waals surface area contributed by atoms with E-state index in [-0.39, 0.29) is 11.4 Å². The summed E-state index contributed by atoms with van der Waals surface area (Å²) >= 11 is 2.08. The molecule has 0 saturated heterocycles. The zero-order chi connectivity index (χ0) is 28.4. The van der Waals surface area contributed by atoms with Crippen LogP contribution in [0.4, 0.5) is 0 Å². The van der Waals surface area contributed by atoms with E-state index in [1.165, 1.54) is 25.1 Å². The van der Waals surface area contributed by atoms with Gasteiger partial charge in [0.1, 0.15) is 11.3 Å². The van der Waals surface area contributed by atoms with Gasteiger partial charge in [-0.15, -0.1) is 0 Å². The molecule has 0 aliphatic carbocycles. The summed E-state index contributed by atoms with van der Waals surface area (Å²) in [7, 11) is 4.37. The number of para-hydroxylation sites is 1. The highest BCUT2D eigenvalue weighted by Gasteiger charge is 2.21. The maximum atomic E-state index is 13.6. The second-order valence-corrected chi connectivity index (χ2v) is 9.78. The third-order valence-electron chi connectivity index (χ3n) is 6.12. The normalized spacial score (nSPS) is 12.1. The van der Waals surface area contributed by atoms with Crippen LogP contribution in [0, 0.1) is 3.57 Å². The first-order chi connectivity index (χ1) is 19.3. The lowest BCUT2D eigenvalue weighted by Gasteiger charge is -2.17. The average molecular weight is 653 g/mol. The summed E-state index contributed by atoms with van der Waals surface area (Å²) in [6, 6.07) is 17.8. The highest BCUT2D eigenvalue weighted by atomic mass is 127. The van der Waals surface area contributed by atoms with Crippen LogP contribution in [0.1, 0.15) is 12.5 Å². The van der Waals surface area contributed by atoms with Crippen molar-refractivity contribution in [2.45, 2.75) is 13.0 Å². The van der Waals surface area contributed by atoms with Crippen molar-refractivity contribution in [3.05, 3.63) is 80.2 Å². The van der Waals surface area contributed by atoms with E-state index in [4.69, 9.17) is 28.3 Å². The van der Waals surface area contributed by atoms with Crippen LogP contribution in [0.15, 0.2) is 75.0 Å². The van der Waals surface area contributed by atoms with Gasteiger partial charge in [0.25, 0.3) is 5.56 Å². The number of ether oxygens (including phenoxy) is 4. The SMILES string of the molecule is COC(=O)[C@H](C)Oc1c(I)cc(C=Nn2c(-c3cc4c(OC)cccc4o3)nc3ccccc3c2=O)cc1OC. The monoisotopic (exact) mass is 653 g/mol. The Hall–Kier alpha value is -4.39. The molecule has 11 heteroatoms. The lowest BCUT2D eigenvalue weighted by molar-refractivity contribution is -0.148. The second kappa shape index (κ2) is 11.4. The van der Waals surface area contributed by atoms with E-state index in [1.54, 1.807) is 50.4 Å². The van der Waals surface area contributed by atoms with Crippen molar-refractivity contribution >= 4 is 56.6 Å². The molecular formula is C29H24IN3O7. The van der Waals surface area contributed by atoms with E-state index in [0.29, 0.717) is 48.6 Å². The van der Waals surface area contributed by atoms with Gasteiger partial charge in [0.2, 0.25) is 5.82 Å². The van der Waals surface area contributed by atoms with Crippen molar-refractivity contribution in [3.8, 4) is 28.8 Å². The molecule has 0 bridgehead atoms. The minimum atomic E-state index is -0.834. The molecule has 5 rings (SSSR count). The molecule has 0 amide bonds. The Morgan fingerprint density at radius 1 is 1.02 bits per heavy atom. The van der Waals surface area contributed by atoms with Crippen LogP contribution in [0.5, 0.6) is 17.2 Å². The van der Waals surface area contributed by atoms with E-state index in [1.807, 2.05) is 24.3 Å². The van der Waals surface area contributed by atoms with Gasteiger partial charge in [-0.2, -0.15) is 9.78 Å². The largest absolute Gasteiger partial charge is 0.496 e. The van der Waals surface area contributed by atoms with E-state index < -0.39 is 12.1 Å². The Kier molecular flexibility index (Phi) is 7.74. The number of hydrogen-bond donors (Lipinski definition) is 0. The minimum Gasteiger partial charge on any atom is -0.496 e. The van der Waals surface area contributed by atoms with Crippen molar-refractivity contribution < 1.29 is 28.2 Å². The summed E-state index contributed by atoms with van der Waals surface area (Å²) in [5.74, 6) is 1.48. The number of fused-ring (bicyclic) bond motifs is 2. The zero-order valence-electron chi connectivity index (χ0n) is 22.0. The van der Waals surface area contributed by atoms with Gasteiger partial charge in [0, 0.05) is 0 Å². The first-order valence-electron chi connectivity index (χ1n) is 12.1. The number of carbonyl (C=O) groups excluding carboxylic acids is 1. The van der Waals surface area contributed by atoms with Crippen LogP contribution < -0.4 is 19.8 Å². The van der Waals surface area contributed by atoms with Gasteiger partial charge >= 0.3 is 5.97 Å². The summed E-state index contributed by atoms with van der Waals surface area (Å²) in [6.45, 7) is 1.59. The number of carbonyl (C=O) groups is 1. The van der Waals surface area contributed by atoms with E-state index in [2.05, 4.69) is 27.7 Å². The maximum absolute atomic E-state index is 13.6. The number of nitrogens with zero attached hydrogens (tertiary/aromatic N) is 3. The molecule has 40 heavy (non-hydrogen) atoms. The number of benzene rings is 3. The Labute approximate surface area is 242 Å². The summed E-state index contributed by atoms with van der Waals surface area (Å²) in [4.78, 5) is 30.2. The quantitative estimate of drug-likeness (QED) is 0.127. The molecular weight excluding hydrogens is 629 g/mol. The molecule has 0 aliphatic rings. The number of halogens is 1. The van der Waals surface area contributed by atoms with Crippen LogP contribution >= 0.6 is 22.6 Å². The highest BCUT2D eigenvalue weighted by Crippen LogP contribution is 2.35. The topological polar surface area (TPSA) is 114 Å². The molecule has 0 spiro atoms. The van der Waals surface area contributed by atoms with E-state index in [0.717, 1.165) is 5.39 Å². The van der Waals surface area contributed by atoms with E-state index >= 15 is 0 Å². The maximum Gasteiger partial charge on any atom is 0.346 e. The van der Waals surface area contributed by atoms with Crippen LogP contribution in [0.3, 0.4) is 0 Å². The Morgan fingerprint density at radius 2 is 1.80 bits per heavy atom. The molecule has 0 unspecified atom stereocenters. The van der Waals surface area contributed by atoms with Crippen molar-refractivity contribution in [1.29, 1.82) is 0 Å². The summed E-state index contributed by atoms with van der Waals surface area (Å²) in [5, 5.41) is 5.67. The molecule has 3 aromatic carbocycles. The lowest BCUT2D eigenvalue weighted by Crippen LogP contribution is -2.25. The summed E-state index contributed by atoms with van der Waals surface area (Å²) in [6.07, 6.45) is 0.683. The second-order valence-electron chi connectivity index (χ2n) is 8.61. The predicted octanol–water partition coefficient (Wildman–Crippen LogP) is 5.25. The fraction of sp³-hybridized carbons (Fsp3) is 0.172. The van der Waals surface area contributed by atoms with Crippen molar-refractivity contribution in [3.63, 3.8) is 0 Å². The zero-order valence-corrected chi connectivity index (χ0v) is 24.2. The van der Waals surface area contributed by atoms with Crippen LogP contribution in [-0.4, -0.2) is 49.3 Å². The minimum absolute atomic E-state index is 0.228. The molecule has 2 heterocycles. The molecule has 0 radical (unpaired) electrons. The van der Waals surface area contributed by atoms with Gasteiger partial charge in [-0.05, 0) is 77.5 Å². The summed E-state index contributed by atoms with van der Waals surface area (Å²) in [5.41, 5.74) is 1.36. The van der Waals surface area contributed by atoms with Gasteiger partial charge in [-0.1, -0.05) is 18.2 Å². The lowest BCUT2D eigenvalue weighted by atomic mass is 10.2. The average Bonchev–Trinajstić information content (AvgIpc) is 3.41. The van der Waals surface area contributed by atoms with E-state index in [9.17, 15) is 9.59 Å².